The Morgan fingerprint density at radius 1 is 1.35 bits per heavy atom. The second-order valence-corrected chi connectivity index (χ2v) is 6.08. The zero-order valence-electron chi connectivity index (χ0n) is 9.41. The van der Waals surface area contributed by atoms with Gasteiger partial charge in [-0.2, -0.15) is 0 Å². The van der Waals surface area contributed by atoms with Crippen LogP contribution in [0, 0.1) is 0 Å². The molecule has 2 aromatic rings. The van der Waals surface area contributed by atoms with Crippen LogP contribution in [0.3, 0.4) is 0 Å². The Morgan fingerprint density at radius 3 is 2.76 bits per heavy atom. The molecule has 2 rings (SSSR count). The fraction of sp³-hybridized carbons (Fsp3) is 0.231. The van der Waals surface area contributed by atoms with E-state index in [1.165, 1.54) is 9.35 Å². The molecule has 0 aliphatic carbocycles. The standard InChI is InChI=1S/C13H13BrClNS/c1-9(10-4-2-3-5-12(10)15)16-8-13-11(14)6-7-17-13/h2-7,9,16H,8H2,1H3/t9-/m0/s1. The van der Waals surface area contributed by atoms with E-state index < -0.39 is 0 Å². The van der Waals surface area contributed by atoms with Gasteiger partial charge in [0, 0.05) is 27.0 Å². The summed E-state index contributed by atoms with van der Waals surface area (Å²) in [5.41, 5.74) is 1.14. The van der Waals surface area contributed by atoms with Gasteiger partial charge in [0.25, 0.3) is 0 Å². The molecule has 1 aromatic heterocycles. The molecule has 0 aliphatic heterocycles. The summed E-state index contributed by atoms with van der Waals surface area (Å²) in [6.07, 6.45) is 0. The van der Waals surface area contributed by atoms with E-state index in [0.717, 1.165) is 17.1 Å². The molecule has 1 atom stereocenters. The van der Waals surface area contributed by atoms with E-state index in [9.17, 15) is 0 Å². The second-order valence-electron chi connectivity index (χ2n) is 3.82. The third kappa shape index (κ3) is 3.32. The molecule has 4 heteroatoms. The summed E-state index contributed by atoms with van der Waals surface area (Å²) in [5, 5.41) is 6.38. The number of thiophene rings is 1. The normalized spacial score (nSPS) is 12.6. The Morgan fingerprint density at radius 2 is 2.12 bits per heavy atom. The SMILES string of the molecule is C[C@H](NCc1sccc1Br)c1ccccc1Cl. The summed E-state index contributed by atoms with van der Waals surface area (Å²) < 4.78 is 1.17. The minimum absolute atomic E-state index is 0.248. The first-order valence-electron chi connectivity index (χ1n) is 5.38. The van der Waals surface area contributed by atoms with Crippen molar-refractivity contribution in [3.63, 3.8) is 0 Å². The minimum Gasteiger partial charge on any atom is -0.305 e. The van der Waals surface area contributed by atoms with Gasteiger partial charge in [-0.25, -0.2) is 0 Å². The van der Waals surface area contributed by atoms with Crippen LogP contribution in [0.2, 0.25) is 5.02 Å². The Hall–Kier alpha value is -0.350. The van der Waals surface area contributed by atoms with Crippen molar-refractivity contribution in [2.75, 3.05) is 0 Å². The maximum absolute atomic E-state index is 6.16. The lowest BCUT2D eigenvalue weighted by molar-refractivity contribution is 0.578. The molecule has 17 heavy (non-hydrogen) atoms. The van der Waals surface area contributed by atoms with Gasteiger partial charge in [-0.1, -0.05) is 29.8 Å². The molecule has 0 spiro atoms. The summed E-state index contributed by atoms with van der Waals surface area (Å²) in [6, 6.07) is 10.3. The van der Waals surface area contributed by atoms with Crippen molar-refractivity contribution in [2.45, 2.75) is 19.5 Å². The van der Waals surface area contributed by atoms with Crippen LogP contribution >= 0.6 is 38.9 Å². The molecule has 1 heterocycles. The van der Waals surface area contributed by atoms with Gasteiger partial charge >= 0.3 is 0 Å². The van der Waals surface area contributed by atoms with E-state index in [-0.39, 0.29) is 6.04 Å². The van der Waals surface area contributed by atoms with Crippen LogP contribution in [0.25, 0.3) is 0 Å². The summed E-state index contributed by atoms with van der Waals surface area (Å²) in [4.78, 5) is 1.31. The summed E-state index contributed by atoms with van der Waals surface area (Å²) in [6.45, 7) is 2.98. The monoisotopic (exact) mass is 329 g/mol. The van der Waals surface area contributed by atoms with Crippen LogP contribution in [0.5, 0.6) is 0 Å². The highest BCUT2D eigenvalue weighted by atomic mass is 79.9. The van der Waals surface area contributed by atoms with E-state index in [2.05, 4.69) is 45.7 Å². The lowest BCUT2D eigenvalue weighted by Gasteiger charge is -2.15. The van der Waals surface area contributed by atoms with Crippen LogP contribution in [-0.4, -0.2) is 0 Å². The van der Waals surface area contributed by atoms with Crippen LogP contribution in [0.15, 0.2) is 40.2 Å². The fourth-order valence-electron chi connectivity index (χ4n) is 1.63. The van der Waals surface area contributed by atoms with Gasteiger partial charge in [-0.15, -0.1) is 11.3 Å². The maximum Gasteiger partial charge on any atom is 0.0453 e. The molecular weight excluding hydrogens is 318 g/mol. The van der Waals surface area contributed by atoms with Gasteiger partial charge in [-0.3, -0.25) is 0 Å². The zero-order chi connectivity index (χ0) is 12.3. The molecule has 0 bridgehead atoms. The molecule has 0 unspecified atom stereocenters. The molecule has 0 aliphatic rings. The Labute approximate surface area is 119 Å². The Balaban J connectivity index is 2.01. The third-order valence-electron chi connectivity index (χ3n) is 2.63. The first-order valence-corrected chi connectivity index (χ1v) is 7.43. The predicted octanol–water partition coefficient (Wildman–Crippen LogP) is 5.01. The average molecular weight is 331 g/mol. The van der Waals surface area contributed by atoms with E-state index in [4.69, 9.17) is 11.6 Å². The third-order valence-corrected chi connectivity index (χ3v) is 4.90. The molecule has 0 radical (unpaired) electrons. The average Bonchev–Trinajstić information content (AvgIpc) is 2.72. The van der Waals surface area contributed by atoms with Gasteiger partial charge in [0.1, 0.15) is 0 Å². The highest BCUT2D eigenvalue weighted by Crippen LogP contribution is 2.25. The number of hydrogen-bond acceptors (Lipinski definition) is 2. The lowest BCUT2D eigenvalue weighted by atomic mass is 10.1. The molecule has 0 fully saturated rings. The van der Waals surface area contributed by atoms with Crippen LogP contribution in [-0.2, 0) is 6.54 Å². The molecule has 90 valence electrons. The molecular formula is C13H13BrClNS. The first kappa shape index (κ1) is 13.1. The van der Waals surface area contributed by atoms with Crippen molar-refractivity contribution in [3.8, 4) is 0 Å². The number of halogens is 2. The highest BCUT2D eigenvalue weighted by Gasteiger charge is 2.09. The fourth-order valence-corrected chi connectivity index (χ4v) is 3.38. The van der Waals surface area contributed by atoms with Crippen LogP contribution < -0.4 is 5.32 Å². The summed E-state index contributed by atoms with van der Waals surface area (Å²) in [5.74, 6) is 0. The smallest absolute Gasteiger partial charge is 0.0453 e. The van der Waals surface area contributed by atoms with E-state index in [0.29, 0.717) is 0 Å². The van der Waals surface area contributed by atoms with Crippen molar-refractivity contribution in [1.29, 1.82) is 0 Å². The molecule has 1 nitrogen and oxygen atoms in total. The molecule has 0 saturated carbocycles. The van der Waals surface area contributed by atoms with E-state index >= 15 is 0 Å². The van der Waals surface area contributed by atoms with Crippen molar-refractivity contribution in [3.05, 3.63) is 55.6 Å². The number of rotatable bonds is 4. The summed E-state index contributed by atoms with van der Waals surface area (Å²) >= 11 is 11.4. The largest absolute Gasteiger partial charge is 0.305 e. The highest BCUT2D eigenvalue weighted by molar-refractivity contribution is 9.10. The molecule has 1 N–H and O–H groups in total. The number of benzene rings is 1. The lowest BCUT2D eigenvalue weighted by Crippen LogP contribution is -2.17. The topological polar surface area (TPSA) is 12.0 Å². The van der Waals surface area contributed by atoms with Crippen LogP contribution in [0.4, 0.5) is 0 Å². The molecule has 1 aromatic carbocycles. The number of nitrogens with one attached hydrogen (secondary N) is 1. The Bertz CT molecular complexity index is 498. The zero-order valence-corrected chi connectivity index (χ0v) is 12.6. The number of hydrogen-bond donors (Lipinski definition) is 1. The Kier molecular flexibility index (Phi) is 4.62. The summed E-state index contributed by atoms with van der Waals surface area (Å²) in [7, 11) is 0. The van der Waals surface area contributed by atoms with Gasteiger partial charge in [0.05, 0.1) is 0 Å². The van der Waals surface area contributed by atoms with Gasteiger partial charge in [0.2, 0.25) is 0 Å². The second kappa shape index (κ2) is 6.01. The van der Waals surface area contributed by atoms with Gasteiger partial charge in [-0.05, 0) is 45.9 Å². The van der Waals surface area contributed by atoms with Gasteiger partial charge in [0.15, 0.2) is 0 Å². The van der Waals surface area contributed by atoms with Gasteiger partial charge < -0.3 is 5.32 Å². The van der Waals surface area contributed by atoms with Crippen molar-refractivity contribution in [1.82, 2.24) is 5.32 Å². The van der Waals surface area contributed by atoms with Crippen molar-refractivity contribution >= 4 is 38.9 Å². The van der Waals surface area contributed by atoms with Crippen LogP contribution in [0.1, 0.15) is 23.4 Å². The van der Waals surface area contributed by atoms with Crippen molar-refractivity contribution in [2.24, 2.45) is 0 Å². The first-order chi connectivity index (χ1) is 8.18. The quantitative estimate of drug-likeness (QED) is 0.830. The van der Waals surface area contributed by atoms with E-state index in [1.54, 1.807) is 11.3 Å². The minimum atomic E-state index is 0.248. The maximum atomic E-state index is 6.16. The molecule has 0 saturated heterocycles. The predicted molar refractivity (Wildman–Crippen MR) is 78.7 cm³/mol. The van der Waals surface area contributed by atoms with Crippen molar-refractivity contribution < 1.29 is 0 Å². The molecule has 0 amide bonds. The van der Waals surface area contributed by atoms with E-state index in [1.807, 2.05) is 18.2 Å².